The van der Waals surface area contributed by atoms with Crippen molar-refractivity contribution in [3.05, 3.63) is 95.0 Å². The number of halogens is 1. The van der Waals surface area contributed by atoms with Crippen LogP contribution in [-0.2, 0) is 16.6 Å². The lowest BCUT2D eigenvalue weighted by molar-refractivity contribution is 0.0696. The molecule has 0 saturated carbocycles. The normalized spacial score (nSPS) is 11.4. The van der Waals surface area contributed by atoms with Gasteiger partial charge in [0.1, 0.15) is 5.75 Å². The molecule has 1 N–H and O–H groups in total. The van der Waals surface area contributed by atoms with E-state index in [1.807, 2.05) is 30.3 Å². The molecule has 3 rings (SSSR count). The fourth-order valence-corrected chi connectivity index (χ4v) is 4.57. The van der Waals surface area contributed by atoms with Crippen molar-refractivity contribution >= 4 is 27.6 Å². The van der Waals surface area contributed by atoms with E-state index in [2.05, 4.69) is 0 Å². The topological polar surface area (TPSA) is 83.9 Å². The van der Waals surface area contributed by atoms with E-state index in [1.54, 1.807) is 24.3 Å². The molecule has 0 fully saturated rings. The fourth-order valence-electron chi connectivity index (χ4n) is 2.98. The molecule has 0 bridgehead atoms. The van der Waals surface area contributed by atoms with E-state index in [0.717, 1.165) is 5.56 Å². The molecule has 0 aliphatic rings. The van der Waals surface area contributed by atoms with Gasteiger partial charge in [0.25, 0.3) is 0 Å². The van der Waals surface area contributed by atoms with Crippen molar-refractivity contribution in [2.24, 2.45) is 0 Å². The fraction of sp³-hybridized carbons (Fsp3) is 0.174. The zero-order valence-corrected chi connectivity index (χ0v) is 18.2. The average Bonchev–Trinajstić information content (AvgIpc) is 2.77. The highest BCUT2D eigenvalue weighted by Crippen LogP contribution is 2.21. The Labute approximate surface area is 186 Å². The third-order valence-electron chi connectivity index (χ3n) is 4.55. The molecule has 162 valence electrons. The van der Waals surface area contributed by atoms with Gasteiger partial charge in [-0.05, 0) is 54.4 Å². The van der Waals surface area contributed by atoms with E-state index in [0.29, 0.717) is 17.2 Å². The van der Waals surface area contributed by atoms with E-state index >= 15 is 0 Å². The van der Waals surface area contributed by atoms with Gasteiger partial charge >= 0.3 is 5.97 Å². The minimum Gasteiger partial charge on any atom is -0.494 e. The smallest absolute Gasteiger partial charge is 0.335 e. The van der Waals surface area contributed by atoms with Gasteiger partial charge < -0.3 is 9.84 Å². The number of aromatic carboxylic acids is 1. The SMILES string of the molecule is O=C(O)c1cccc(OCCCN(Cc2ccccc2)S(=O)(=O)c2ccc(Cl)cc2)c1. The Kier molecular flexibility index (Phi) is 7.68. The molecule has 0 aliphatic heterocycles. The number of carboxylic acids is 1. The second kappa shape index (κ2) is 10.4. The van der Waals surface area contributed by atoms with Crippen LogP contribution in [0.1, 0.15) is 22.3 Å². The van der Waals surface area contributed by atoms with Crippen molar-refractivity contribution in [2.45, 2.75) is 17.9 Å². The third-order valence-corrected chi connectivity index (χ3v) is 6.67. The molecule has 3 aromatic carbocycles. The van der Waals surface area contributed by atoms with Crippen LogP contribution in [-0.4, -0.2) is 37.0 Å². The number of nitrogens with zero attached hydrogens (tertiary/aromatic N) is 1. The van der Waals surface area contributed by atoms with Crippen LogP contribution in [0.2, 0.25) is 5.02 Å². The Hall–Kier alpha value is -2.87. The molecule has 0 saturated heterocycles. The molecule has 0 atom stereocenters. The third kappa shape index (κ3) is 6.30. The number of hydrogen-bond acceptors (Lipinski definition) is 4. The Morgan fingerprint density at radius 2 is 1.68 bits per heavy atom. The molecule has 6 nitrogen and oxygen atoms in total. The first kappa shape index (κ1) is 22.8. The summed E-state index contributed by atoms with van der Waals surface area (Å²) in [5.41, 5.74) is 1.00. The van der Waals surface area contributed by atoms with Crippen molar-refractivity contribution in [3.63, 3.8) is 0 Å². The predicted octanol–water partition coefficient (Wildman–Crippen LogP) is 4.70. The Balaban J connectivity index is 1.70. The monoisotopic (exact) mass is 459 g/mol. The van der Waals surface area contributed by atoms with Gasteiger partial charge in [0, 0.05) is 18.1 Å². The van der Waals surface area contributed by atoms with Crippen molar-refractivity contribution < 1.29 is 23.1 Å². The van der Waals surface area contributed by atoms with Crippen molar-refractivity contribution in [1.82, 2.24) is 4.31 Å². The van der Waals surface area contributed by atoms with Crippen LogP contribution in [0.15, 0.2) is 83.8 Å². The summed E-state index contributed by atoms with van der Waals surface area (Å²) in [5.74, 6) is -0.608. The molecule has 3 aromatic rings. The van der Waals surface area contributed by atoms with E-state index in [9.17, 15) is 13.2 Å². The van der Waals surface area contributed by atoms with Crippen LogP contribution >= 0.6 is 11.6 Å². The van der Waals surface area contributed by atoms with Gasteiger partial charge in [0.2, 0.25) is 10.0 Å². The van der Waals surface area contributed by atoms with Crippen molar-refractivity contribution in [1.29, 1.82) is 0 Å². The van der Waals surface area contributed by atoms with Crippen LogP contribution < -0.4 is 4.74 Å². The molecule has 0 radical (unpaired) electrons. The van der Waals surface area contributed by atoms with Crippen LogP contribution in [0.3, 0.4) is 0 Å². The van der Waals surface area contributed by atoms with Gasteiger partial charge in [0.05, 0.1) is 17.1 Å². The van der Waals surface area contributed by atoms with Gasteiger partial charge in [0.15, 0.2) is 0 Å². The van der Waals surface area contributed by atoms with Crippen LogP contribution in [0, 0.1) is 0 Å². The maximum atomic E-state index is 13.2. The Bertz CT molecular complexity index is 1120. The molecule has 0 heterocycles. The highest BCUT2D eigenvalue weighted by molar-refractivity contribution is 7.89. The van der Waals surface area contributed by atoms with E-state index < -0.39 is 16.0 Å². The summed E-state index contributed by atoms with van der Waals surface area (Å²) in [4.78, 5) is 11.2. The maximum Gasteiger partial charge on any atom is 0.335 e. The van der Waals surface area contributed by atoms with Crippen molar-refractivity contribution in [3.8, 4) is 5.75 Å². The maximum absolute atomic E-state index is 13.2. The zero-order valence-electron chi connectivity index (χ0n) is 16.6. The standard InChI is InChI=1S/C23H22ClNO5S/c24-20-10-12-22(13-11-20)31(28,29)25(17-18-6-2-1-3-7-18)14-5-15-30-21-9-4-8-19(16-21)23(26)27/h1-4,6-13,16H,5,14-15,17H2,(H,26,27). The summed E-state index contributed by atoms with van der Waals surface area (Å²) in [5, 5.41) is 9.53. The summed E-state index contributed by atoms with van der Waals surface area (Å²) in [7, 11) is -3.74. The van der Waals surface area contributed by atoms with Crippen LogP contribution in [0.25, 0.3) is 0 Å². The second-order valence-electron chi connectivity index (χ2n) is 6.81. The molecular weight excluding hydrogens is 438 g/mol. The molecule has 0 aliphatic carbocycles. The van der Waals surface area contributed by atoms with Gasteiger partial charge in [-0.25, -0.2) is 13.2 Å². The lowest BCUT2D eigenvalue weighted by Gasteiger charge is -2.22. The lowest BCUT2D eigenvalue weighted by Crippen LogP contribution is -2.32. The highest BCUT2D eigenvalue weighted by atomic mass is 35.5. The quantitative estimate of drug-likeness (QED) is 0.444. The molecule has 31 heavy (non-hydrogen) atoms. The number of carboxylic acid groups (broad SMARTS) is 1. The second-order valence-corrected chi connectivity index (χ2v) is 9.19. The van der Waals surface area contributed by atoms with Gasteiger partial charge in [-0.1, -0.05) is 48.0 Å². The summed E-state index contributed by atoms with van der Waals surface area (Å²) in [6.07, 6.45) is 0.428. The first-order valence-corrected chi connectivity index (χ1v) is 11.4. The van der Waals surface area contributed by atoms with Gasteiger partial charge in [-0.2, -0.15) is 4.31 Å². The van der Waals surface area contributed by atoms with E-state index in [1.165, 1.54) is 28.6 Å². The minimum absolute atomic E-state index is 0.133. The zero-order chi connectivity index (χ0) is 22.3. The summed E-state index contributed by atoms with van der Waals surface area (Å²) in [6, 6.07) is 21.6. The highest BCUT2D eigenvalue weighted by Gasteiger charge is 2.24. The number of sulfonamides is 1. The van der Waals surface area contributed by atoms with E-state index in [-0.39, 0.29) is 30.2 Å². The minimum atomic E-state index is -3.74. The number of carbonyl (C=O) groups is 1. The Morgan fingerprint density at radius 3 is 2.35 bits per heavy atom. The number of ether oxygens (including phenoxy) is 1. The predicted molar refractivity (Wildman–Crippen MR) is 119 cm³/mol. The van der Waals surface area contributed by atoms with E-state index in [4.69, 9.17) is 21.4 Å². The molecule has 0 spiro atoms. The largest absolute Gasteiger partial charge is 0.494 e. The molecule has 0 amide bonds. The molecule has 8 heteroatoms. The van der Waals surface area contributed by atoms with Crippen LogP contribution in [0.4, 0.5) is 0 Å². The summed E-state index contributed by atoms with van der Waals surface area (Å²) < 4.78 is 33.5. The van der Waals surface area contributed by atoms with Gasteiger partial charge in [-0.3, -0.25) is 0 Å². The summed E-state index contributed by atoms with van der Waals surface area (Å²) >= 11 is 5.90. The number of rotatable bonds is 10. The number of hydrogen-bond donors (Lipinski definition) is 1. The lowest BCUT2D eigenvalue weighted by atomic mass is 10.2. The molecule has 0 aromatic heterocycles. The Morgan fingerprint density at radius 1 is 0.968 bits per heavy atom. The first-order chi connectivity index (χ1) is 14.9. The average molecular weight is 460 g/mol. The van der Waals surface area contributed by atoms with Crippen LogP contribution in [0.5, 0.6) is 5.75 Å². The molecule has 0 unspecified atom stereocenters. The first-order valence-electron chi connectivity index (χ1n) is 9.62. The summed E-state index contributed by atoms with van der Waals surface area (Å²) in [6.45, 7) is 0.698. The van der Waals surface area contributed by atoms with Gasteiger partial charge in [-0.15, -0.1) is 0 Å². The molecular formula is C23H22ClNO5S. The van der Waals surface area contributed by atoms with Crippen molar-refractivity contribution in [2.75, 3.05) is 13.2 Å². The number of benzene rings is 3.